The SMILES string of the molecule is OC[C@@H]1CSC=N1. The lowest BCUT2D eigenvalue weighted by Gasteiger charge is -1.95. The van der Waals surface area contributed by atoms with Gasteiger partial charge in [0.2, 0.25) is 0 Å². The number of hydrogen-bond donors (Lipinski definition) is 1. The van der Waals surface area contributed by atoms with Gasteiger partial charge < -0.3 is 5.11 Å². The van der Waals surface area contributed by atoms with E-state index in [2.05, 4.69) is 4.99 Å². The number of aliphatic hydroxyl groups is 1. The molecule has 1 N–H and O–H groups in total. The van der Waals surface area contributed by atoms with E-state index in [0.717, 1.165) is 5.75 Å². The second-order valence-corrected chi connectivity index (χ2v) is 2.30. The molecular formula is C4H7NOS. The number of thioether (sulfide) groups is 1. The van der Waals surface area contributed by atoms with Gasteiger partial charge in [-0.25, -0.2) is 0 Å². The molecule has 0 aromatic rings. The summed E-state index contributed by atoms with van der Waals surface area (Å²) in [7, 11) is 0. The van der Waals surface area contributed by atoms with Gasteiger partial charge >= 0.3 is 0 Å². The first kappa shape index (κ1) is 5.12. The van der Waals surface area contributed by atoms with Crippen LogP contribution in [0.1, 0.15) is 0 Å². The average Bonchev–Trinajstić information content (AvgIpc) is 2.14. The molecule has 40 valence electrons. The van der Waals surface area contributed by atoms with Crippen LogP contribution in [0.4, 0.5) is 0 Å². The Morgan fingerprint density at radius 2 is 2.86 bits per heavy atom. The van der Waals surface area contributed by atoms with Crippen molar-refractivity contribution in [2.75, 3.05) is 12.4 Å². The molecule has 0 saturated carbocycles. The van der Waals surface area contributed by atoms with Crippen LogP contribution in [-0.2, 0) is 0 Å². The molecule has 0 unspecified atom stereocenters. The van der Waals surface area contributed by atoms with Gasteiger partial charge in [-0.15, -0.1) is 11.8 Å². The summed E-state index contributed by atoms with van der Waals surface area (Å²) in [5, 5.41) is 8.44. The number of nitrogens with zero attached hydrogens (tertiary/aromatic N) is 1. The minimum Gasteiger partial charge on any atom is -0.394 e. The molecule has 0 amide bonds. The van der Waals surface area contributed by atoms with Crippen LogP contribution in [0.15, 0.2) is 4.99 Å². The van der Waals surface area contributed by atoms with Crippen LogP contribution in [0.5, 0.6) is 0 Å². The molecule has 0 radical (unpaired) electrons. The lowest BCUT2D eigenvalue weighted by atomic mass is 10.4. The number of aliphatic imine (C=N–C) groups is 1. The smallest absolute Gasteiger partial charge is 0.0830 e. The highest BCUT2D eigenvalue weighted by atomic mass is 32.2. The molecule has 0 spiro atoms. The molecule has 0 saturated heterocycles. The molecule has 0 aromatic heterocycles. The Bertz CT molecular complexity index is 83.8. The van der Waals surface area contributed by atoms with Crippen molar-refractivity contribution in [3.05, 3.63) is 0 Å². The summed E-state index contributed by atoms with van der Waals surface area (Å²) in [5.41, 5.74) is 1.79. The molecular weight excluding hydrogens is 110 g/mol. The Morgan fingerprint density at radius 1 is 2.00 bits per heavy atom. The van der Waals surface area contributed by atoms with Gasteiger partial charge in [0, 0.05) is 5.75 Å². The van der Waals surface area contributed by atoms with Crippen molar-refractivity contribution in [3.8, 4) is 0 Å². The number of aliphatic hydroxyl groups excluding tert-OH is 1. The minimum absolute atomic E-state index is 0.185. The van der Waals surface area contributed by atoms with Crippen LogP contribution in [-0.4, -0.2) is 29.1 Å². The van der Waals surface area contributed by atoms with Crippen molar-refractivity contribution in [3.63, 3.8) is 0 Å². The Balaban J connectivity index is 2.28. The number of hydrogen-bond acceptors (Lipinski definition) is 3. The minimum atomic E-state index is 0.185. The Kier molecular flexibility index (Phi) is 1.70. The Morgan fingerprint density at radius 3 is 3.14 bits per heavy atom. The van der Waals surface area contributed by atoms with Crippen molar-refractivity contribution in [1.29, 1.82) is 0 Å². The quantitative estimate of drug-likeness (QED) is 0.529. The molecule has 0 aliphatic carbocycles. The maximum absolute atomic E-state index is 8.44. The summed E-state index contributed by atoms with van der Waals surface area (Å²) in [6.07, 6.45) is 0. The topological polar surface area (TPSA) is 32.6 Å². The second-order valence-electron chi connectivity index (χ2n) is 1.42. The van der Waals surface area contributed by atoms with E-state index in [1.807, 2.05) is 0 Å². The summed E-state index contributed by atoms with van der Waals surface area (Å²) >= 11 is 1.66. The normalized spacial score (nSPS) is 29.0. The second kappa shape index (κ2) is 2.33. The first-order chi connectivity index (χ1) is 3.43. The molecule has 3 heteroatoms. The molecule has 1 aliphatic heterocycles. The van der Waals surface area contributed by atoms with Crippen LogP contribution in [0.3, 0.4) is 0 Å². The predicted octanol–water partition coefficient (Wildman–Crippen LogP) is 0.122. The van der Waals surface area contributed by atoms with E-state index in [4.69, 9.17) is 5.11 Å². The predicted molar refractivity (Wildman–Crippen MR) is 31.8 cm³/mol. The maximum atomic E-state index is 8.44. The molecule has 0 fully saturated rings. The maximum Gasteiger partial charge on any atom is 0.0830 e. The fourth-order valence-corrected chi connectivity index (χ4v) is 1.18. The molecule has 1 atom stereocenters. The Labute approximate surface area is 46.6 Å². The van der Waals surface area contributed by atoms with E-state index in [-0.39, 0.29) is 12.6 Å². The molecule has 1 heterocycles. The molecule has 1 aliphatic rings. The van der Waals surface area contributed by atoms with Crippen LogP contribution in [0, 0.1) is 0 Å². The standard InChI is InChI=1S/C4H7NOS/c6-1-4-2-7-3-5-4/h3-4,6H,1-2H2/t4-/m1/s1. The highest BCUT2D eigenvalue weighted by Crippen LogP contribution is 2.09. The Hall–Kier alpha value is -0.0200. The zero-order chi connectivity index (χ0) is 5.11. The largest absolute Gasteiger partial charge is 0.394 e. The van der Waals surface area contributed by atoms with E-state index < -0.39 is 0 Å². The van der Waals surface area contributed by atoms with Gasteiger partial charge in [-0.1, -0.05) is 0 Å². The zero-order valence-corrected chi connectivity index (χ0v) is 4.69. The molecule has 7 heavy (non-hydrogen) atoms. The number of rotatable bonds is 1. The van der Waals surface area contributed by atoms with Gasteiger partial charge in [0.1, 0.15) is 0 Å². The van der Waals surface area contributed by atoms with E-state index in [0.29, 0.717) is 0 Å². The van der Waals surface area contributed by atoms with E-state index in [1.54, 1.807) is 17.3 Å². The highest BCUT2D eigenvalue weighted by molar-refractivity contribution is 8.12. The van der Waals surface area contributed by atoms with Crippen molar-refractivity contribution in [2.24, 2.45) is 4.99 Å². The van der Waals surface area contributed by atoms with Gasteiger partial charge in [0.25, 0.3) is 0 Å². The van der Waals surface area contributed by atoms with Crippen LogP contribution in [0.25, 0.3) is 0 Å². The van der Waals surface area contributed by atoms with Gasteiger partial charge in [-0.3, -0.25) is 4.99 Å². The summed E-state index contributed by atoms with van der Waals surface area (Å²) < 4.78 is 0. The third-order valence-electron chi connectivity index (χ3n) is 0.846. The van der Waals surface area contributed by atoms with Gasteiger partial charge in [-0.2, -0.15) is 0 Å². The summed E-state index contributed by atoms with van der Waals surface area (Å²) in [4.78, 5) is 3.94. The van der Waals surface area contributed by atoms with E-state index in [9.17, 15) is 0 Å². The van der Waals surface area contributed by atoms with Crippen molar-refractivity contribution < 1.29 is 5.11 Å². The molecule has 2 nitrogen and oxygen atoms in total. The van der Waals surface area contributed by atoms with Crippen LogP contribution in [0.2, 0.25) is 0 Å². The highest BCUT2D eigenvalue weighted by Gasteiger charge is 2.07. The summed E-state index contributed by atoms with van der Waals surface area (Å²) in [6.45, 7) is 0.198. The van der Waals surface area contributed by atoms with E-state index >= 15 is 0 Å². The monoisotopic (exact) mass is 117 g/mol. The molecule has 0 bridgehead atoms. The summed E-state index contributed by atoms with van der Waals surface area (Å²) in [6, 6.07) is 0.185. The fourth-order valence-electron chi connectivity index (χ4n) is 0.426. The first-order valence-corrected chi connectivity index (χ1v) is 3.22. The third-order valence-corrected chi connectivity index (χ3v) is 1.69. The van der Waals surface area contributed by atoms with Gasteiger partial charge in [0.05, 0.1) is 18.2 Å². The van der Waals surface area contributed by atoms with Crippen LogP contribution >= 0.6 is 11.8 Å². The average molecular weight is 117 g/mol. The van der Waals surface area contributed by atoms with Gasteiger partial charge in [-0.05, 0) is 0 Å². The van der Waals surface area contributed by atoms with E-state index in [1.165, 1.54) is 0 Å². The van der Waals surface area contributed by atoms with Crippen molar-refractivity contribution >= 4 is 17.3 Å². The lowest BCUT2D eigenvalue weighted by molar-refractivity contribution is 0.277. The third kappa shape index (κ3) is 1.17. The first-order valence-electron chi connectivity index (χ1n) is 2.17. The van der Waals surface area contributed by atoms with Crippen LogP contribution < -0.4 is 0 Å². The lowest BCUT2D eigenvalue weighted by Crippen LogP contribution is -2.08. The van der Waals surface area contributed by atoms with Gasteiger partial charge in [0.15, 0.2) is 0 Å². The zero-order valence-electron chi connectivity index (χ0n) is 3.87. The molecule has 0 aromatic carbocycles. The fraction of sp³-hybridized carbons (Fsp3) is 0.750. The summed E-state index contributed by atoms with van der Waals surface area (Å²) in [5.74, 6) is 0.955. The van der Waals surface area contributed by atoms with Crippen molar-refractivity contribution in [2.45, 2.75) is 6.04 Å². The molecule has 1 rings (SSSR count). The van der Waals surface area contributed by atoms with Crippen molar-refractivity contribution in [1.82, 2.24) is 0 Å².